The lowest BCUT2D eigenvalue weighted by molar-refractivity contribution is -0.141. The summed E-state index contributed by atoms with van der Waals surface area (Å²) in [7, 11) is 0. The Hall–Kier alpha value is -1.43. The summed E-state index contributed by atoms with van der Waals surface area (Å²) in [5.41, 5.74) is 2.36. The first-order valence-corrected chi connectivity index (χ1v) is 8.26. The van der Waals surface area contributed by atoms with Crippen LogP contribution in [0.15, 0.2) is 5.51 Å². The lowest BCUT2D eigenvalue weighted by Crippen LogP contribution is -2.34. The molecule has 0 unspecified atom stereocenters. The van der Waals surface area contributed by atoms with E-state index in [0.717, 1.165) is 42.7 Å². The van der Waals surface area contributed by atoms with Crippen molar-refractivity contribution >= 4 is 23.2 Å². The van der Waals surface area contributed by atoms with Crippen molar-refractivity contribution in [2.24, 2.45) is 5.41 Å². The minimum absolute atomic E-state index is 0.0500. The van der Waals surface area contributed by atoms with E-state index in [2.05, 4.69) is 10.3 Å². The summed E-state index contributed by atoms with van der Waals surface area (Å²) in [4.78, 5) is 28.5. The summed E-state index contributed by atoms with van der Waals surface area (Å²) in [5, 5.41) is 12.0. The molecule has 0 atom stereocenters. The van der Waals surface area contributed by atoms with Gasteiger partial charge in [-0.05, 0) is 25.2 Å². The Morgan fingerprint density at radius 1 is 1.33 bits per heavy atom. The van der Waals surface area contributed by atoms with Crippen LogP contribution in [0, 0.1) is 12.3 Å². The highest BCUT2D eigenvalue weighted by atomic mass is 32.1. The highest BCUT2D eigenvalue weighted by Crippen LogP contribution is 2.42. The zero-order valence-electron chi connectivity index (χ0n) is 12.4. The van der Waals surface area contributed by atoms with Crippen LogP contribution in [-0.2, 0) is 16.1 Å². The first kappa shape index (κ1) is 15.9. The van der Waals surface area contributed by atoms with Gasteiger partial charge in [0, 0.05) is 11.3 Å². The largest absolute Gasteiger partial charge is 0.481 e. The molecule has 5 nitrogen and oxygen atoms in total. The summed E-state index contributed by atoms with van der Waals surface area (Å²) >= 11 is 1.53. The first-order chi connectivity index (χ1) is 10.0. The monoisotopic (exact) mass is 310 g/mol. The zero-order chi connectivity index (χ0) is 15.3. The van der Waals surface area contributed by atoms with Gasteiger partial charge in [-0.2, -0.15) is 0 Å². The molecule has 1 aliphatic carbocycles. The van der Waals surface area contributed by atoms with Crippen LogP contribution in [0.1, 0.15) is 55.5 Å². The van der Waals surface area contributed by atoms with E-state index in [4.69, 9.17) is 5.11 Å². The van der Waals surface area contributed by atoms with Crippen LogP contribution in [-0.4, -0.2) is 22.0 Å². The SMILES string of the molecule is Cc1ncsc1CNC(=O)CC1(CC(=O)O)CCCCC1. The maximum absolute atomic E-state index is 12.2. The van der Waals surface area contributed by atoms with Crippen LogP contribution in [0.3, 0.4) is 0 Å². The Labute approximate surface area is 128 Å². The number of thiazole rings is 1. The van der Waals surface area contributed by atoms with E-state index in [0.29, 0.717) is 13.0 Å². The number of nitrogens with zero attached hydrogens (tertiary/aromatic N) is 1. The number of amides is 1. The Bertz CT molecular complexity index is 507. The highest BCUT2D eigenvalue weighted by Gasteiger charge is 2.36. The Kier molecular flexibility index (Phi) is 5.33. The topological polar surface area (TPSA) is 79.3 Å². The third kappa shape index (κ3) is 4.52. The highest BCUT2D eigenvalue weighted by molar-refractivity contribution is 7.09. The van der Waals surface area contributed by atoms with Crippen LogP contribution in [0.5, 0.6) is 0 Å². The predicted molar refractivity (Wildman–Crippen MR) is 81.1 cm³/mol. The normalized spacial score (nSPS) is 17.4. The van der Waals surface area contributed by atoms with Crippen molar-refractivity contribution < 1.29 is 14.7 Å². The van der Waals surface area contributed by atoms with E-state index in [9.17, 15) is 9.59 Å². The molecular weight excluding hydrogens is 288 g/mol. The van der Waals surface area contributed by atoms with Crippen molar-refractivity contribution in [1.29, 1.82) is 0 Å². The van der Waals surface area contributed by atoms with Gasteiger partial charge in [0.1, 0.15) is 0 Å². The number of carbonyl (C=O) groups is 2. The van der Waals surface area contributed by atoms with Crippen LogP contribution < -0.4 is 5.32 Å². The molecule has 1 amide bonds. The molecule has 1 aromatic rings. The van der Waals surface area contributed by atoms with Gasteiger partial charge >= 0.3 is 5.97 Å². The van der Waals surface area contributed by atoms with Crippen LogP contribution in [0.4, 0.5) is 0 Å². The molecule has 1 saturated carbocycles. The molecule has 1 fully saturated rings. The molecule has 0 radical (unpaired) electrons. The van der Waals surface area contributed by atoms with Gasteiger partial charge in [0.05, 0.1) is 24.2 Å². The first-order valence-electron chi connectivity index (χ1n) is 7.38. The second-order valence-corrected chi connectivity index (χ2v) is 6.88. The fourth-order valence-corrected chi connectivity index (χ4v) is 3.83. The third-order valence-electron chi connectivity index (χ3n) is 4.27. The third-order valence-corrected chi connectivity index (χ3v) is 5.20. The van der Waals surface area contributed by atoms with Crippen molar-refractivity contribution in [2.45, 2.75) is 58.4 Å². The number of carboxylic acids is 1. The minimum atomic E-state index is -0.803. The average Bonchev–Trinajstić information content (AvgIpc) is 2.82. The fraction of sp³-hybridized carbons (Fsp3) is 0.667. The molecule has 0 aliphatic heterocycles. The summed E-state index contributed by atoms with van der Waals surface area (Å²) in [6.45, 7) is 2.41. The quantitative estimate of drug-likeness (QED) is 0.846. The van der Waals surface area contributed by atoms with Gasteiger partial charge in [0.2, 0.25) is 5.91 Å². The van der Waals surface area contributed by atoms with Gasteiger partial charge in [0.25, 0.3) is 0 Å². The second kappa shape index (κ2) is 7.02. The van der Waals surface area contributed by atoms with Gasteiger partial charge in [0.15, 0.2) is 0 Å². The van der Waals surface area contributed by atoms with Crippen molar-refractivity contribution in [3.05, 3.63) is 16.1 Å². The summed E-state index contributed by atoms with van der Waals surface area (Å²) in [6, 6.07) is 0. The van der Waals surface area contributed by atoms with E-state index in [1.807, 2.05) is 6.92 Å². The van der Waals surface area contributed by atoms with Gasteiger partial charge in [-0.15, -0.1) is 11.3 Å². The number of carboxylic acid groups (broad SMARTS) is 1. The smallest absolute Gasteiger partial charge is 0.303 e. The number of nitrogens with one attached hydrogen (secondary N) is 1. The molecule has 21 heavy (non-hydrogen) atoms. The fourth-order valence-electron chi connectivity index (χ4n) is 3.12. The molecule has 1 aliphatic rings. The number of aromatic nitrogens is 1. The maximum Gasteiger partial charge on any atom is 0.303 e. The molecule has 2 rings (SSSR count). The van der Waals surface area contributed by atoms with E-state index in [-0.39, 0.29) is 17.7 Å². The number of rotatable bonds is 6. The van der Waals surface area contributed by atoms with Crippen molar-refractivity contribution in [2.75, 3.05) is 0 Å². The molecule has 6 heteroatoms. The number of carbonyl (C=O) groups excluding carboxylic acids is 1. The van der Waals surface area contributed by atoms with E-state index >= 15 is 0 Å². The van der Waals surface area contributed by atoms with Gasteiger partial charge in [-0.1, -0.05) is 19.3 Å². The molecule has 0 spiro atoms. The zero-order valence-corrected chi connectivity index (χ0v) is 13.2. The Morgan fingerprint density at radius 2 is 2.05 bits per heavy atom. The predicted octanol–water partition coefficient (Wildman–Crippen LogP) is 2.88. The average molecular weight is 310 g/mol. The van der Waals surface area contributed by atoms with Gasteiger partial charge in [-0.3, -0.25) is 9.59 Å². The standard InChI is InChI=1S/C15H22N2O3S/c1-11-12(21-10-17-11)9-16-13(18)7-15(8-14(19)20)5-3-2-4-6-15/h10H,2-9H2,1H3,(H,16,18)(H,19,20). The van der Waals surface area contributed by atoms with Gasteiger partial charge in [-0.25, -0.2) is 4.98 Å². The molecule has 0 saturated heterocycles. The summed E-state index contributed by atoms with van der Waals surface area (Å²) in [5.74, 6) is -0.853. The van der Waals surface area contributed by atoms with E-state index in [1.165, 1.54) is 11.3 Å². The van der Waals surface area contributed by atoms with E-state index < -0.39 is 5.97 Å². The molecule has 116 valence electrons. The Morgan fingerprint density at radius 3 is 2.62 bits per heavy atom. The number of aryl methyl sites for hydroxylation is 1. The van der Waals surface area contributed by atoms with Crippen LogP contribution in [0.25, 0.3) is 0 Å². The molecule has 0 aromatic carbocycles. The number of hydrogen-bond donors (Lipinski definition) is 2. The van der Waals surface area contributed by atoms with Gasteiger partial charge < -0.3 is 10.4 Å². The molecule has 0 bridgehead atoms. The molecule has 2 N–H and O–H groups in total. The summed E-state index contributed by atoms with van der Waals surface area (Å²) in [6.07, 6.45) is 5.28. The lowest BCUT2D eigenvalue weighted by atomic mass is 9.69. The molecule has 1 heterocycles. The lowest BCUT2D eigenvalue weighted by Gasteiger charge is -2.35. The van der Waals surface area contributed by atoms with Crippen molar-refractivity contribution in [3.8, 4) is 0 Å². The Balaban J connectivity index is 1.91. The number of hydrogen-bond acceptors (Lipinski definition) is 4. The molecular formula is C15H22N2O3S. The molecule has 1 aromatic heterocycles. The van der Waals surface area contributed by atoms with Crippen molar-refractivity contribution in [3.63, 3.8) is 0 Å². The number of aliphatic carboxylic acids is 1. The van der Waals surface area contributed by atoms with E-state index in [1.54, 1.807) is 5.51 Å². The maximum atomic E-state index is 12.2. The van der Waals surface area contributed by atoms with Crippen LogP contribution >= 0.6 is 11.3 Å². The second-order valence-electron chi connectivity index (χ2n) is 5.95. The minimum Gasteiger partial charge on any atom is -0.481 e. The van der Waals surface area contributed by atoms with Crippen LogP contribution in [0.2, 0.25) is 0 Å². The van der Waals surface area contributed by atoms with Crippen molar-refractivity contribution in [1.82, 2.24) is 10.3 Å². The summed E-state index contributed by atoms with van der Waals surface area (Å²) < 4.78 is 0.